The van der Waals surface area contributed by atoms with Crippen LogP contribution in [0.1, 0.15) is 50.5 Å². The Morgan fingerprint density at radius 2 is 1.80 bits per heavy atom. The van der Waals surface area contributed by atoms with Gasteiger partial charge in [-0.2, -0.15) is 0 Å². The van der Waals surface area contributed by atoms with Crippen LogP contribution in [0.2, 0.25) is 0 Å². The zero-order valence-corrected chi connectivity index (χ0v) is 17.6. The van der Waals surface area contributed by atoms with Crippen LogP contribution >= 0.6 is 0 Å². The summed E-state index contributed by atoms with van der Waals surface area (Å²) in [5.74, 6) is 0.0564. The Morgan fingerprint density at radius 1 is 1.03 bits per heavy atom. The minimum absolute atomic E-state index is 0.123. The molecule has 2 aromatic rings. The van der Waals surface area contributed by atoms with Crippen molar-refractivity contribution in [2.75, 3.05) is 13.1 Å². The van der Waals surface area contributed by atoms with Gasteiger partial charge in [0.2, 0.25) is 11.8 Å². The molecule has 1 saturated heterocycles. The zero-order valence-electron chi connectivity index (χ0n) is 17.6. The molecular formula is C25H31N3O2. The van der Waals surface area contributed by atoms with Crippen molar-refractivity contribution < 1.29 is 9.59 Å². The van der Waals surface area contributed by atoms with Gasteiger partial charge < -0.3 is 10.6 Å². The number of primary amides is 1. The first-order chi connectivity index (χ1) is 14.6. The van der Waals surface area contributed by atoms with Gasteiger partial charge in [0.25, 0.3) is 0 Å². The Labute approximate surface area is 178 Å². The molecule has 1 atom stereocenters. The van der Waals surface area contributed by atoms with Gasteiger partial charge in [0.05, 0.1) is 5.41 Å². The maximum Gasteiger partial charge on any atom is 0.225 e. The molecule has 30 heavy (non-hydrogen) atoms. The lowest BCUT2D eigenvalue weighted by Gasteiger charge is -2.42. The van der Waals surface area contributed by atoms with E-state index in [4.69, 9.17) is 5.73 Å². The van der Waals surface area contributed by atoms with Gasteiger partial charge in [-0.1, -0.05) is 43.5 Å². The van der Waals surface area contributed by atoms with Gasteiger partial charge in [0.15, 0.2) is 0 Å². The number of piperidine rings is 1. The lowest BCUT2D eigenvalue weighted by atomic mass is 9.73. The van der Waals surface area contributed by atoms with Crippen LogP contribution in [0.4, 0.5) is 0 Å². The molecule has 1 aliphatic heterocycles. The number of amides is 2. The fourth-order valence-electron chi connectivity index (χ4n) is 5.16. The highest BCUT2D eigenvalue weighted by molar-refractivity contribution is 5.84. The minimum Gasteiger partial charge on any atom is -0.369 e. The summed E-state index contributed by atoms with van der Waals surface area (Å²) in [5, 5.41) is 0. The maximum absolute atomic E-state index is 13.1. The van der Waals surface area contributed by atoms with Gasteiger partial charge >= 0.3 is 0 Å². The third kappa shape index (κ3) is 4.40. The molecule has 2 amide bonds. The van der Waals surface area contributed by atoms with Crippen molar-refractivity contribution in [3.8, 4) is 11.1 Å². The zero-order chi connectivity index (χ0) is 21.0. The average molecular weight is 406 g/mol. The van der Waals surface area contributed by atoms with Crippen molar-refractivity contribution in [2.24, 2.45) is 17.1 Å². The molecule has 4 rings (SSSR count). The predicted octanol–water partition coefficient (Wildman–Crippen LogP) is 3.97. The first-order valence-electron chi connectivity index (χ1n) is 11.2. The van der Waals surface area contributed by atoms with E-state index in [2.05, 4.69) is 23.2 Å². The van der Waals surface area contributed by atoms with Crippen molar-refractivity contribution in [1.82, 2.24) is 9.88 Å². The Balaban J connectivity index is 1.54. The monoisotopic (exact) mass is 405 g/mol. The van der Waals surface area contributed by atoms with Gasteiger partial charge in [-0.15, -0.1) is 0 Å². The predicted molar refractivity (Wildman–Crippen MR) is 117 cm³/mol. The van der Waals surface area contributed by atoms with Gasteiger partial charge in [0, 0.05) is 31.4 Å². The third-order valence-electron chi connectivity index (χ3n) is 6.85. The van der Waals surface area contributed by atoms with Crippen LogP contribution in [0.5, 0.6) is 0 Å². The molecule has 0 bridgehead atoms. The van der Waals surface area contributed by atoms with Crippen LogP contribution < -0.4 is 5.73 Å². The van der Waals surface area contributed by atoms with Crippen molar-refractivity contribution in [1.29, 1.82) is 0 Å². The second-order valence-corrected chi connectivity index (χ2v) is 8.96. The van der Waals surface area contributed by atoms with Crippen LogP contribution in [0, 0.1) is 11.3 Å². The summed E-state index contributed by atoms with van der Waals surface area (Å²) in [6, 6.07) is 12.2. The summed E-state index contributed by atoms with van der Waals surface area (Å²) in [4.78, 5) is 31.8. The first kappa shape index (κ1) is 20.6. The first-order valence-corrected chi connectivity index (χ1v) is 11.2. The van der Waals surface area contributed by atoms with Crippen molar-refractivity contribution in [3.05, 3.63) is 54.4 Å². The number of aromatic nitrogens is 1. The molecule has 2 fully saturated rings. The highest BCUT2D eigenvalue weighted by atomic mass is 16.2. The molecule has 5 heteroatoms. The molecule has 1 aliphatic carbocycles. The molecule has 1 aromatic heterocycles. The molecule has 2 N–H and O–H groups in total. The number of benzene rings is 1. The van der Waals surface area contributed by atoms with Crippen LogP contribution in [-0.2, 0) is 16.0 Å². The Kier molecular flexibility index (Phi) is 6.16. The lowest BCUT2D eigenvalue weighted by Crippen LogP contribution is -2.54. The van der Waals surface area contributed by atoms with Crippen molar-refractivity contribution in [3.63, 3.8) is 0 Å². The van der Waals surface area contributed by atoms with Gasteiger partial charge in [-0.3, -0.25) is 14.6 Å². The Morgan fingerprint density at radius 3 is 2.53 bits per heavy atom. The highest BCUT2D eigenvalue weighted by Crippen LogP contribution is 2.36. The standard InChI is InChI=1S/C25H31N3O2/c26-24(30)25(12-5-15-28(18-25)23(29)21-7-2-1-3-8-21)17-19-6-4-9-22(16-19)20-10-13-27-14-11-20/h4,6,9-11,13-14,16,21H,1-3,5,7-8,12,15,17-18H2,(H2,26,30)/t25-/m1/s1. The molecule has 5 nitrogen and oxygen atoms in total. The van der Waals surface area contributed by atoms with Crippen LogP contribution in [0.15, 0.2) is 48.8 Å². The fourth-order valence-corrected chi connectivity index (χ4v) is 5.16. The van der Waals surface area contributed by atoms with Crippen LogP contribution in [-0.4, -0.2) is 34.8 Å². The fraction of sp³-hybridized carbons (Fsp3) is 0.480. The lowest BCUT2D eigenvalue weighted by molar-refractivity contribution is -0.143. The smallest absolute Gasteiger partial charge is 0.225 e. The number of nitrogens with zero attached hydrogens (tertiary/aromatic N) is 2. The third-order valence-corrected chi connectivity index (χ3v) is 6.85. The summed E-state index contributed by atoms with van der Waals surface area (Å²) < 4.78 is 0. The minimum atomic E-state index is -0.695. The normalized spacial score (nSPS) is 22.6. The van der Waals surface area contributed by atoms with E-state index in [-0.39, 0.29) is 17.7 Å². The molecule has 2 heterocycles. The summed E-state index contributed by atoms with van der Waals surface area (Å²) >= 11 is 0. The van der Waals surface area contributed by atoms with E-state index in [0.717, 1.165) is 61.8 Å². The second kappa shape index (κ2) is 8.99. The SMILES string of the molecule is NC(=O)[C@@]1(Cc2cccc(-c3ccncc3)c2)CCCN(C(=O)C2CCCCC2)C1. The molecule has 0 spiro atoms. The summed E-state index contributed by atoms with van der Waals surface area (Å²) in [5.41, 5.74) is 8.53. The molecule has 1 aromatic carbocycles. The van der Waals surface area contributed by atoms with E-state index in [1.165, 1.54) is 6.42 Å². The molecule has 1 saturated carbocycles. The van der Waals surface area contributed by atoms with Crippen molar-refractivity contribution >= 4 is 11.8 Å². The van der Waals surface area contributed by atoms with E-state index in [1.54, 1.807) is 12.4 Å². The number of nitrogens with two attached hydrogens (primary N) is 1. The number of pyridine rings is 1. The van der Waals surface area contributed by atoms with E-state index in [9.17, 15) is 9.59 Å². The number of hydrogen-bond acceptors (Lipinski definition) is 3. The Hall–Kier alpha value is -2.69. The average Bonchev–Trinajstić information content (AvgIpc) is 2.80. The summed E-state index contributed by atoms with van der Waals surface area (Å²) in [6.07, 6.45) is 11.1. The van der Waals surface area contributed by atoms with E-state index in [1.807, 2.05) is 23.1 Å². The highest BCUT2D eigenvalue weighted by Gasteiger charge is 2.43. The summed E-state index contributed by atoms with van der Waals surface area (Å²) in [7, 11) is 0. The quantitative estimate of drug-likeness (QED) is 0.818. The van der Waals surface area contributed by atoms with Gasteiger partial charge in [-0.05, 0) is 60.9 Å². The van der Waals surface area contributed by atoms with Crippen molar-refractivity contribution in [2.45, 2.75) is 51.4 Å². The van der Waals surface area contributed by atoms with E-state index in [0.29, 0.717) is 13.0 Å². The van der Waals surface area contributed by atoms with E-state index >= 15 is 0 Å². The molecule has 158 valence electrons. The molecule has 0 unspecified atom stereocenters. The molecule has 2 aliphatic rings. The molecule has 0 radical (unpaired) electrons. The topological polar surface area (TPSA) is 76.3 Å². The second-order valence-electron chi connectivity index (χ2n) is 8.96. The number of carbonyl (C=O) groups is 2. The number of rotatable bonds is 5. The summed E-state index contributed by atoms with van der Waals surface area (Å²) in [6.45, 7) is 1.18. The van der Waals surface area contributed by atoms with Crippen LogP contribution in [0.3, 0.4) is 0 Å². The van der Waals surface area contributed by atoms with Gasteiger partial charge in [0.1, 0.15) is 0 Å². The van der Waals surface area contributed by atoms with E-state index < -0.39 is 5.41 Å². The molecular weight excluding hydrogens is 374 g/mol. The maximum atomic E-state index is 13.1. The largest absolute Gasteiger partial charge is 0.369 e. The Bertz CT molecular complexity index is 892. The number of hydrogen-bond donors (Lipinski definition) is 1. The number of likely N-dealkylation sites (tertiary alicyclic amines) is 1. The number of carbonyl (C=O) groups excluding carboxylic acids is 2. The van der Waals surface area contributed by atoms with Crippen LogP contribution in [0.25, 0.3) is 11.1 Å². The van der Waals surface area contributed by atoms with Gasteiger partial charge in [-0.25, -0.2) is 0 Å².